The Morgan fingerprint density at radius 3 is 2.81 bits per heavy atom. The number of halogens is 2. The molecule has 0 aliphatic carbocycles. The largest absolute Gasteiger partial charge is 0.379 e. The summed E-state index contributed by atoms with van der Waals surface area (Å²) >= 11 is 9.66. The van der Waals surface area contributed by atoms with Gasteiger partial charge in [0.15, 0.2) is 0 Å². The Hall–Kier alpha value is -1.78. The number of rotatable bonds is 4. The van der Waals surface area contributed by atoms with Crippen molar-refractivity contribution >= 4 is 33.2 Å². The number of hydrogen-bond donors (Lipinski definition) is 1. The summed E-state index contributed by atoms with van der Waals surface area (Å²) in [6, 6.07) is 14.0. The molecule has 0 radical (unpaired) electrons. The maximum absolute atomic E-state index is 6.25. The van der Waals surface area contributed by atoms with Crippen LogP contribution in [0.3, 0.4) is 0 Å². The van der Waals surface area contributed by atoms with E-state index < -0.39 is 0 Å². The number of nitrogens with zero attached hydrogens (tertiary/aromatic N) is 2. The summed E-state index contributed by atoms with van der Waals surface area (Å²) in [5.41, 5.74) is 3.15. The van der Waals surface area contributed by atoms with Crippen molar-refractivity contribution in [1.29, 1.82) is 0 Å². The van der Waals surface area contributed by atoms with Crippen LogP contribution in [0.15, 0.2) is 65.7 Å². The second kappa shape index (κ2) is 6.33. The van der Waals surface area contributed by atoms with Crippen molar-refractivity contribution in [3.8, 4) is 5.69 Å². The van der Waals surface area contributed by atoms with Gasteiger partial charge in [0.1, 0.15) is 0 Å². The first kappa shape index (κ1) is 14.2. The first-order chi connectivity index (χ1) is 10.2. The van der Waals surface area contributed by atoms with Crippen LogP contribution in [0.1, 0.15) is 5.56 Å². The minimum absolute atomic E-state index is 0.665. The maximum Gasteiger partial charge on any atom is 0.0992 e. The second-order valence-electron chi connectivity index (χ2n) is 4.58. The molecule has 0 bridgehead atoms. The Balaban J connectivity index is 1.83. The van der Waals surface area contributed by atoms with E-state index in [0.717, 1.165) is 26.4 Å². The lowest BCUT2D eigenvalue weighted by Crippen LogP contribution is -2.04. The fraction of sp³-hybridized carbons (Fsp3) is 0.0625. The van der Waals surface area contributed by atoms with Gasteiger partial charge in [-0.1, -0.05) is 45.7 Å². The molecule has 0 amide bonds. The van der Waals surface area contributed by atoms with E-state index in [2.05, 4.69) is 26.2 Å². The molecule has 0 fully saturated rings. The number of benzene rings is 2. The van der Waals surface area contributed by atoms with Gasteiger partial charge in [0.05, 0.1) is 17.7 Å². The molecule has 3 aromatic rings. The monoisotopic (exact) mass is 361 g/mol. The highest BCUT2D eigenvalue weighted by molar-refractivity contribution is 9.10. The normalized spacial score (nSPS) is 10.6. The van der Waals surface area contributed by atoms with Gasteiger partial charge in [0.25, 0.3) is 0 Å². The Bertz CT molecular complexity index is 741. The van der Waals surface area contributed by atoms with E-state index >= 15 is 0 Å². The zero-order valence-corrected chi connectivity index (χ0v) is 13.5. The Kier molecular flexibility index (Phi) is 4.27. The van der Waals surface area contributed by atoms with Crippen LogP contribution in [0.25, 0.3) is 5.69 Å². The first-order valence-electron chi connectivity index (χ1n) is 6.49. The summed E-state index contributed by atoms with van der Waals surface area (Å²) < 4.78 is 2.96. The topological polar surface area (TPSA) is 29.9 Å². The fourth-order valence-corrected chi connectivity index (χ4v) is 2.85. The third-order valence-electron chi connectivity index (χ3n) is 3.17. The number of para-hydroxylation sites is 2. The van der Waals surface area contributed by atoms with Crippen molar-refractivity contribution in [2.24, 2.45) is 0 Å². The third kappa shape index (κ3) is 3.28. The van der Waals surface area contributed by atoms with Gasteiger partial charge in [0.2, 0.25) is 0 Å². The minimum atomic E-state index is 0.665. The molecule has 106 valence electrons. The lowest BCUT2D eigenvalue weighted by molar-refractivity contribution is 1.04. The van der Waals surface area contributed by atoms with Gasteiger partial charge < -0.3 is 9.88 Å². The molecule has 1 heterocycles. The minimum Gasteiger partial charge on any atom is -0.379 e. The molecular weight excluding hydrogens is 350 g/mol. The molecule has 0 saturated heterocycles. The van der Waals surface area contributed by atoms with Crippen molar-refractivity contribution in [2.45, 2.75) is 6.54 Å². The molecule has 0 atom stereocenters. The van der Waals surface area contributed by atoms with Crippen LogP contribution >= 0.6 is 27.5 Å². The van der Waals surface area contributed by atoms with Crippen molar-refractivity contribution < 1.29 is 0 Å². The lowest BCUT2D eigenvalue weighted by Gasteiger charge is -2.13. The average Bonchev–Trinajstić information content (AvgIpc) is 3.01. The quantitative estimate of drug-likeness (QED) is 0.715. The molecule has 21 heavy (non-hydrogen) atoms. The number of nitrogens with one attached hydrogen (secondary N) is 1. The summed E-state index contributed by atoms with van der Waals surface area (Å²) in [6.07, 6.45) is 5.47. The average molecular weight is 363 g/mol. The van der Waals surface area contributed by atoms with E-state index in [0.29, 0.717) is 6.54 Å². The smallest absolute Gasteiger partial charge is 0.0992 e. The van der Waals surface area contributed by atoms with Gasteiger partial charge >= 0.3 is 0 Å². The molecule has 3 rings (SSSR count). The fourth-order valence-electron chi connectivity index (χ4n) is 2.11. The van der Waals surface area contributed by atoms with Crippen LogP contribution in [0.5, 0.6) is 0 Å². The molecule has 1 aromatic heterocycles. The molecule has 5 heteroatoms. The second-order valence-corrected chi connectivity index (χ2v) is 5.90. The molecule has 3 nitrogen and oxygen atoms in total. The molecule has 0 aliphatic rings. The number of imidazole rings is 1. The first-order valence-corrected chi connectivity index (χ1v) is 7.66. The summed E-state index contributed by atoms with van der Waals surface area (Å²) in [5, 5.41) is 4.18. The highest BCUT2D eigenvalue weighted by Crippen LogP contribution is 2.24. The standard InChI is InChI=1S/C16H13BrClN3/c17-13-6-5-12(14(18)9-13)10-20-15-3-1-2-4-16(15)21-8-7-19-11-21/h1-9,11,20H,10H2. The van der Waals surface area contributed by atoms with Crippen LogP contribution < -0.4 is 5.32 Å². The SMILES string of the molecule is Clc1cc(Br)ccc1CNc1ccccc1-n1ccnc1. The van der Waals surface area contributed by atoms with Crippen LogP contribution in [0.4, 0.5) is 5.69 Å². The van der Waals surface area contributed by atoms with Gasteiger partial charge in [0, 0.05) is 28.4 Å². The molecule has 0 aliphatic heterocycles. The molecule has 0 spiro atoms. The predicted molar refractivity (Wildman–Crippen MR) is 90.0 cm³/mol. The summed E-state index contributed by atoms with van der Waals surface area (Å²) in [5.74, 6) is 0. The van der Waals surface area contributed by atoms with Gasteiger partial charge in [-0.25, -0.2) is 4.98 Å². The van der Waals surface area contributed by atoms with Gasteiger partial charge in [-0.05, 0) is 29.8 Å². The van der Waals surface area contributed by atoms with Crippen molar-refractivity contribution in [2.75, 3.05) is 5.32 Å². The van der Waals surface area contributed by atoms with Crippen LogP contribution in [-0.4, -0.2) is 9.55 Å². The van der Waals surface area contributed by atoms with Crippen molar-refractivity contribution in [3.63, 3.8) is 0 Å². The van der Waals surface area contributed by atoms with E-state index in [4.69, 9.17) is 11.6 Å². The highest BCUT2D eigenvalue weighted by atomic mass is 79.9. The van der Waals surface area contributed by atoms with Crippen LogP contribution in [-0.2, 0) is 6.54 Å². The molecule has 1 N–H and O–H groups in total. The van der Waals surface area contributed by atoms with Gasteiger partial charge in [-0.15, -0.1) is 0 Å². The van der Waals surface area contributed by atoms with Gasteiger partial charge in [-0.2, -0.15) is 0 Å². The van der Waals surface area contributed by atoms with Crippen LogP contribution in [0.2, 0.25) is 5.02 Å². The van der Waals surface area contributed by atoms with E-state index in [9.17, 15) is 0 Å². The molecular formula is C16H13BrClN3. The van der Waals surface area contributed by atoms with Crippen LogP contribution in [0, 0.1) is 0 Å². The maximum atomic E-state index is 6.25. The van der Waals surface area contributed by atoms with E-state index in [1.165, 1.54) is 0 Å². The highest BCUT2D eigenvalue weighted by Gasteiger charge is 2.05. The lowest BCUT2D eigenvalue weighted by atomic mass is 10.2. The summed E-state index contributed by atoms with van der Waals surface area (Å²) in [7, 11) is 0. The zero-order chi connectivity index (χ0) is 14.7. The van der Waals surface area contributed by atoms with Crippen molar-refractivity contribution in [1.82, 2.24) is 9.55 Å². The summed E-state index contributed by atoms with van der Waals surface area (Å²) in [4.78, 5) is 4.09. The van der Waals surface area contributed by atoms with E-state index in [1.54, 1.807) is 12.5 Å². The third-order valence-corrected chi connectivity index (χ3v) is 4.02. The number of aromatic nitrogens is 2. The predicted octanol–water partition coefficient (Wildman–Crippen LogP) is 4.90. The Morgan fingerprint density at radius 1 is 1.19 bits per heavy atom. The molecule has 2 aromatic carbocycles. The summed E-state index contributed by atoms with van der Waals surface area (Å²) in [6.45, 7) is 0.665. The van der Waals surface area contributed by atoms with E-state index in [1.807, 2.05) is 53.2 Å². The number of hydrogen-bond acceptors (Lipinski definition) is 2. The zero-order valence-electron chi connectivity index (χ0n) is 11.1. The molecule has 0 unspecified atom stereocenters. The number of anilines is 1. The Labute approximate surface area is 136 Å². The van der Waals surface area contributed by atoms with Gasteiger partial charge in [-0.3, -0.25) is 0 Å². The van der Waals surface area contributed by atoms with Crippen molar-refractivity contribution in [3.05, 3.63) is 76.2 Å². The van der Waals surface area contributed by atoms with E-state index in [-0.39, 0.29) is 0 Å². The molecule has 0 saturated carbocycles. The Morgan fingerprint density at radius 2 is 2.05 bits per heavy atom.